The lowest BCUT2D eigenvalue weighted by atomic mass is 9.69. The SMILES string of the molecule is COC(=O)CN(C)CC(=O)OB(C)c1ccc(-c2cc(C)cs2)s1. The summed E-state index contributed by atoms with van der Waals surface area (Å²) in [6, 6.07) is 6.20. The number of methoxy groups -OCH3 is 1. The van der Waals surface area contributed by atoms with E-state index in [1.807, 2.05) is 12.9 Å². The third-order valence-corrected chi connectivity index (χ3v) is 5.82. The normalized spacial score (nSPS) is 10.7. The van der Waals surface area contributed by atoms with Crippen LogP contribution in [0.4, 0.5) is 0 Å². The van der Waals surface area contributed by atoms with Crippen LogP contribution < -0.4 is 4.78 Å². The Labute approximate surface area is 150 Å². The van der Waals surface area contributed by atoms with Crippen molar-refractivity contribution < 1.29 is 19.0 Å². The van der Waals surface area contributed by atoms with Crippen LogP contribution in [0.2, 0.25) is 6.82 Å². The molecule has 0 atom stereocenters. The summed E-state index contributed by atoms with van der Waals surface area (Å²) in [5.41, 5.74) is 1.25. The summed E-state index contributed by atoms with van der Waals surface area (Å²) in [6.45, 7) is 3.71. The molecule has 128 valence electrons. The second-order valence-corrected chi connectivity index (χ2v) is 7.60. The number of esters is 1. The van der Waals surface area contributed by atoms with E-state index >= 15 is 0 Å². The van der Waals surface area contributed by atoms with Gasteiger partial charge in [0.25, 0.3) is 0 Å². The molecule has 2 heterocycles. The number of carbonyl (C=O) groups is 2. The third kappa shape index (κ3) is 5.19. The van der Waals surface area contributed by atoms with Crippen LogP contribution in [0.3, 0.4) is 0 Å². The number of carbonyl (C=O) groups excluding carboxylic acids is 2. The van der Waals surface area contributed by atoms with Crippen LogP contribution in [0.5, 0.6) is 0 Å². The van der Waals surface area contributed by atoms with Crippen LogP contribution in [0.1, 0.15) is 5.56 Å². The Morgan fingerprint density at radius 1 is 1.21 bits per heavy atom. The molecule has 0 radical (unpaired) electrons. The fourth-order valence-electron chi connectivity index (χ4n) is 2.12. The van der Waals surface area contributed by atoms with Gasteiger partial charge in [-0.3, -0.25) is 14.5 Å². The standard InChI is InChI=1S/C16H20BNO4S2/c1-11-7-13(23-10-11)12-5-6-14(24-12)17(2)22-16(20)9-18(3)8-15(19)21-4/h5-7,10H,8-9H2,1-4H3. The van der Waals surface area contributed by atoms with E-state index in [1.54, 1.807) is 34.6 Å². The van der Waals surface area contributed by atoms with Crippen molar-refractivity contribution in [3.05, 3.63) is 29.1 Å². The molecule has 2 rings (SSSR count). The highest BCUT2D eigenvalue weighted by atomic mass is 32.1. The van der Waals surface area contributed by atoms with Gasteiger partial charge in [0.2, 0.25) is 0 Å². The Morgan fingerprint density at radius 3 is 2.54 bits per heavy atom. The van der Waals surface area contributed by atoms with Crippen molar-refractivity contribution in [3.8, 4) is 9.75 Å². The smallest absolute Gasteiger partial charge is 0.402 e. The van der Waals surface area contributed by atoms with Gasteiger partial charge in [0.05, 0.1) is 20.2 Å². The summed E-state index contributed by atoms with van der Waals surface area (Å²) in [5, 5.41) is 2.12. The first kappa shape index (κ1) is 18.7. The molecule has 0 saturated carbocycles. The first-order valence-electron chi connectivity index (χ1n) is 7.49. The highest BCUT2D eigenvalue weighted by Crippen LogP contribution is 2.30. The zero-order chi connectivity index (χ0) is 17.7. The number of likely N-dealkylation sites (N-methyl/N-ethyl adjacent to an activating group) is 1. The van der Waals surface area contributed by atoms with Crippen LogP contribution in [-0.4, -0.2) is 51.0 Å². The lowest BCUT2D eigenvalue weighted by Crippen LogP contribution is -2.37. The third-order valence-electron chi connectivity index (χ3n) is 3.33. The quantitative estimate of drug-likeness (QED) is 0.557. The molecule has 0 aliphatic carbocycles. The number of hydrogen-bond acceptors (Lipinski definition) is 7. The van der Waals surface area contributed by atoms with Gasteiger partial charge < -0.3 is 9.39 Å². The second-order valence-electron chi connectivity index (χ2n) is 5.57. The van der Waals surface area contributed by atoms with Gasteiger partial charge in [0.1, 0.15) is 0 Å². The summed E-state index contributed by atoms with van der Waals surface area (Å²) in [4.78, 5) is 27.1. The van der Waals surface area contributed by atoms with Gasteiger partial charge in [-0.05, 0) is 43.9 Å². The maximum atomic E-state index is 12.0. The zero-order valence-electron chi connectivity index (χ0n) is 14.2. The molecule has 0 aromatic carbocycles. The van der Waals surface area contributed by atoms with Crippen molar-refractivity contribution in [3.63, 3.8) is 0 Å². The average molecular weight is 365 g/mol. The average Bonchev–Trinajstić information content (AvgIpc) is 3.15. The molecule has 5 nitrogen and oxygen atoms in total. The summed E-state index contributed by atoms with van der Waals surface area (Å²) in [5.74, 6) is -0.747. The number of thiophene rings is 2. The number of rotatable bonds is 7. The van der Waals surface area contributed by atoms with Crippen molar-refractivity contribution in [2.24, 2.45) is 0 Å². The van der Waals surface area contributed by atoms with Crippen molar-refractivity contribution in [1.82, 2.24) is 4.90 Å². The Hall–Kier alpha value is -1.64. The van der Waals surface area contributed by atoms with Crippen molar-refractivity contribution >= 4 is 46.3 Å². The Bertz CT molecular complexity index is 713. The summed E-state index contributed by atoms with van der Waals surface area (Å²) in [6.07, 6.45) is 0. The molecule has 0 amide bonds. The predicted molar refractivity (Wildman–Crippen MR) is 99.2 cm³/mol. The highest BCUT2D eigenvalue weighted by Gasteiger charge is 2.21. The van der Waals surface area contributed by atoms with Crippen LogP contribution in [-0.2, 0) is 19.0 Å². The van der Waals surface area contributed by atoms with Gasteiger partial charge in [-0.15, -0.1) is 22.7 Å². The minimum absolute atomic E-state index is 0.0434. The van der Waals surface area contributed by atoms with Crippen LogP contribution in [0, 0.1) is 6.92 Å². The lowest BCUT2D eigenvalue weighted by Gasteiger charge is -2.15. The lowest BCUT2D eigenvalue weighted by molar-refractivity contribution is -0.142. The summed E-state index contributed by atoms with van der Waals surface area (Å²) < 4.78 is 11.0. The molecule has 24 heavy (non-hydrogen) atoms. The molecule has 0 spiro atoms. The molecule has 8 heteroatoms. The van der Waals surface area contributed by atoms with E-state index in [9.17, 15) is 9.59 Å². The molecule has 0 bridgehead atoms. The maximum Gasteiger partial charge on any atom is 0.402 e. The van der Waals surface area contributed by atoms with E-state index in [1.165, 1.54) is 22.4 Å². The van der Waals surface area contributed by atoms with Gasteiger partial charge in [-0.1, -0.05) is 6.07 Å². The number of ether oxygens (including phenoxy) is 1. The summed E-state index contributed by atoms with van der Waals surface area (Å²) >= 11 is 3.34. The first-order chi connectivity index (χ1) is 11.4. The molecule has 0 fully saturated rings. The largest absolute Gasteiger partial charge is 0.530 e. The van der Waals surface area contributed by atoms with Gasteiger partial charge in [0.15, 0.2) is 0 Å². The van der Waals surface area contributed by atoms with Gasteiger partial charge in [0, 0.05) is 14.5 Å². The molecular formula is C16H20BNO4S2. The fourth-order valence-corrected chi connectivity index (χ4v) is 4.11. The maximum absolute atomic E-state index is 12.0. The van der Waals surface area contributed by atoms with Gasteiger partial charge in [-0.25, -0.2) is 0 Å². The summed E-state index contributed by atoms with van der Waals surface area (Å²) in [7, 11) is 2.99. The van der Waals surface area contributed by atoms with Crippen LogP contribution in [0.25, 0.3) is 9.75 Å². The van der Waals surface area contributed by atoms with Gasteiger partial charge >= 0.3 is 18.9 Å². The van der Waals surface area contributed by atoms with E-state index in [-0.39, 0.29) is 31.9 Å². The molecule has 0 aliphatic rings. The monoisotopic (exact) mass is 365 g/mol. The van der Waals surface area contributed by atoms with E-state index in [4.69, 9.17) is 4.65 Å². The first-order valence-corrected chi connectivity index (χ1v) is 9.18. The van der Waals surface area contributed by atoms with E-state index in [0.29, 0.717) is 0 Å². The number of aryl methyl sites for hydroxylation is 1. The van der Waals surface area contributed by atoms with Crippen LogP contribution in [0.15, 0.2) is 23.6 Å². The molecule has 0 saturated heterocycles. The van der Waals surface area contributed by atoms with Gasteiger partial charge in [-0.2, -0.15) is 0 Å². The number of nitrogens with zero attached hydrogens (tertiary/aromatic N) is 1. The molecule has 2 aromatic rings. The van der Waals surface area contributed by atoms with Crippen LogP contribution >= 0.6 is 22.7 Å². The second kappa shape index (κ2) is 8.46. The minimum atomic E-state index is -0.382. The predicted octanol–water partition coefficient (Wildman–Crippen LogP) is 2.26. The van der Waals surface area contributed by atoms with E-state index in [2.05, 4.69) is 29.2 Å². The minimum Gasteiger partial charge on any atom is -0.530 e. The topological polar surface area (TPSA) is 55.8 Å². The Balaban J connectivity index is 1.90. The number of hydrogen-bond donors (Lipinski definition) is 0. The Kier molecular flexibility index (Phi) is 6.59. The molecular weight excluding hydrogens is 345 g/mol. The molecule has 0 unspecified atom stereocenters. The molecule has 0 N–H and O–H groups in total. The molecule has 0 aliphatic heterocycles. The van der Waals surface area contributed by atoms with Crippen molar-refractivity contribution in [1.29, 1.82) is 0 Å². The molecule has 2 aromatic heterocycles. The van der Waals surface area contributed by atoms with E-state index in [0.717, 1.165) is 4.78 Å². The van der Waals surface area contributed by atoms with Crippen molar-refractivity contribution in [2.75, 3.05) is 27.2 Å². The zero-order valence-corrected chi connectivity index (χ0v) is 15.8. The van der Waals surface area contributed by atoms with Crippen molar-refractivity contribution in [2.45, 2.75) is 13.7 Å². The van der Waals surface area contributed by atoms with E-state index < -0.39 is 0 Å². The highest BCUT2D eigenvalue weighted by molar-refractivity contribution is 7.28. The fraction of sp³-hybridized carbons (Fsp3) is 0.375. The Morgan fingerprint density at radius 2 is 1.92 bits per heavy atom.